The number of pyridine rings is 1. The van der Waals surface area contributed by atoms with Crippen molar-refractivity contribution in [2.75, 3.05) is 25.5 Å². The lowest BCUT2D eigenvalue weighted by Gasteiger charge is -2.27. The first kappa shape index (κ1) is 12.5. The lowest BCUT2D eigenvalue weighted by atomic mass is 9.96. The Hall–Kier alpha value is -0.940. The average molecular weight is 298 g/mol. The van der Waals surface area contributed by atoms with Gasteiger partial charge in [-0.1, -0.05) is 15.9 Å². The molecule has 92 valence electrons. The number of piperidine rings is 1. The molecule has 2 heterocycles. The van der Waals surface area contributed by atoms with Crippen LogP contribution in [0.15, 0.2) is 22.8 Å². The third-order valence-electron chi connectivity index (χ3n) is 3.06. The Kier molecular flexibility index (Phi) is 4.12. The lowest BCUT2D eigenvalue weighted by molar-refractivity contribution is -0.121. The second-order valence-corrected chi connectivity index (χ2v) is 5.34. The Balaban J connectivity index is 1.93. The quantitative estimate of drug-likeness (QED) is 0.909. The van der Waals surface area contributed by atoms with Crippen molar-refractivity contribution in [2.45, 2.75) is 12.8 Å². The van der Waals surface area contributed by atoms with Gasteiger partial charge in [-0.2, -0.15) is 0 Å². The van der Waals surface area contributed by atoms with Gasteiger partial charge in [0, 0.05) is 16.6 Å². The van der Waals surface area contributed by atoms with Crippen LogP contribution in [-0.4, -0.2) is 35.9 Å². The van der Waals surface area contributed by atoms with Gasteiger partial charge in [-0.15, -0.1) is 0 Å². The molecule has 0 spiro atoms. The fraction of sp³-hybridized carbons (Fsp3) is 0.500. The summed E-state index contributed by atoms with van der Waals surface area (Å²) in [5.74, 6) is 0.819. The van der Waals surface area contributed by atoms with Crippen LogP contribution in [0.4, 0.5) is 5.82 Å². The van der Waals surface area contributed by atoms with Crippen LogP contribution in [0.5, 0.6) is 0 Å². The minimum atomic E-state index is 0.0868. The maximum atomic E-state index is 12.0. The van der Waals surface area contributed by atoms with E-state index in [1.54, 1.807) is 6.20 Å². The number of carbonyl (C=O) groups excluding carboxylic acids is 1. The SMILES string of the molecule is CN1CCC(C(=O)Nc2cc(Br)ccn2)CC1. The van der Waals surface area contributed by atoms with Crippen molar-refractivity contribution >= 4 is 27.7 Å². The number of anilines is 1. The van der Waals surface area contributed by atoms with Crippen LogP contribution in [0.1, 0.15) is 12.8 Å². The van der Waals surface area contributed by atoms with Gasteiger partial charge >= 0.3 is 0 Å². The predicted molar refractivity (Wildman–Crippen MR) is 70.8 cm³/mol. The smallest absolute Gasteiger partial charge is 0.228 e. The van der Waals surface area contributed by atoms with Crippen LogP contribution in [-0.2, 0) is 4.79 Å². The summed E-state index contributed by atoms with van der Waals surface area (Å²) in [5.41, 5.74) is 0. The molecule has 5 heteroatoms. The zero-order valence-electron chi connectivity index (χ0n) is 9.82. The number of nitrogens with zero attached hydrogens (tertiary/aromatic N) is 2. The number of likely N-dealkylation sites (tertiary alicyclic amines) is 1. The van der Waals surface area contributed by atoms with Gasteiger partial charge in [0.05, 0.1) is 0 Å². The molecule has 1 aromatic rings. The first-order chi connectivity index (χ1) is 8.15. The van der Waals surface area contributed by atoms with E-state index in [9.17, 15) is 4.79 Å². The standard InChI is InChI=1S/C12H16BrN3O/c1-16-6-3-9(4-7-16)12(17)15-11-8-10(13)2-5-14-11/h2,5,8-9H,3-4,6-7H2,1H3,(H,14,15,17). The van der Waals surface area contributed by atoms with Crippen molar-refractivity contribution in [3.05, 3.63) is 22.8 Å². The molecule has 0 radical (unpaired) electrons. The van der Waals surface area contributed by atoms with E-state index in [-0.39, 0.29) is 11.8 Å². The molecule has 2 rings (SSSR count). The molecule has 0 saturated carbocycles. The van der Waals surface area contributed by atoms with Gasteiger partial charge in [-0.3, -0.25) is 4.79 Å². The van der Waals surface area contributed by atoms with Crippen molar-refractivity contribution < 1.29 is 4.79 Å². The maximum Gasteiger partial charge on any atom is 0.228 e. The largest absolute Gasteiger partial charge is 0.310 e. The van der Waals surface area contributed by atoms with Crippen LogP contribution < -0.4 is 5.32 Å². The van der Waals surface area contributed by atoms with Crippen LogP contribution >= 0.6 is 15.9 Å². The number of carbonyl (C=O) groups is 1. The van der Waals surface area contributed by atoms with E-state index in [0.29, 0.717) is 5.82 Å². The molecule has 0 unspecified atom stereocenters. The van der Waals surface area contributed by atoms with E-state index in [1.165, 1.54) is 0 Å². The fourth-order valence-corrected chi connectivity index (χ4v) is 2.31. The monoisotopic (exact) mass is 297 g/mol. The number of amides is 1. The van der Waals surface area contributed by atoms with E-state index in [0.717, 1.165) is 30.4 Å². The third kappa shape index (κ3) is 3.51. The molecule has 4 nitrogen and oxygen atoms in total. The molecule has 17 heavy (non-hydrogen) atoms. The number of rotatable bonds is 2. The number of aromatic nitrogens is 1. The zero-order chi connectivity index (χ0) is 12.3. The summed E-state index contributed by atoms with van der Waals surface area (Å²) >= 11 is 3.36. The van der Waals surface area contributed by atoms with Crippen molar-refractivity contribution in [2.24, 2.45) is 5.92 Å². The van der Waals surface area contributed by atoms with Gasteiger partial charge in [0.15, 0.2) is 0 Å². The van der Waals surface area contributed by atoms with E-state index in [2.05, 4.69) is 38.2 Å². The molecule has 1 aromatic heterocycles. The number of hydrogen-bond acceptors (Lipinski definition) is 3. The highest BCUT2D eigenvalue weighted by Gasteiger charge is 2.23. The molecular formula is C12H16BrN3O. The van der Waals surface area contributed by atoms with Crippen LogP contribution in [0, 0.1) is 5.92 Å². The highest BCUT2D eigenvalue weighted by atomic mass is 79.9. The maximum absolute atomic E-state index is 12.0. The van der Waals surface area contributed by atoms with Gasteiger partial charge in [-0.25, -0.2) is 4.98 Å². The molecule has 0 bridgehead atoms. The third-order valence-corrected chi connectivity index (χ3v) is 3.56. The van der Waals surface area contributed by atoms with Crippen molar-refractivity contribution in [3.8, 4) is 0 Å². The van der Waals surface area contributed by atoms with Crippen LogP contribution in [0.25, 0.3) is 0 Å². The van der Waals surface area contributed by atoms with Gasteiger partial charge in [0.2, 0.25) is 5.91 Å². The second-order valence-electron chi connectivity index (χ2n) is 4.43. The zero-order valence-corrected chi connectivity index (χ0v) is 11.4. The molecule has 0 aliphatic carbocycles. The van der Waals surface area contributed by atoms with E-state index in [4.69, 9.17) is 0 Å². The van der Waals surface area contributed by atoms with E-state index in [1.807, 2.05) is 12.1 Å². The summed E-state index contributed by atoms with van der Waals surface area (Å²) in [6.45, 7) is 1.98. The molecule has 1 fully saturated rings. The van der Waals surface area contributed by atoms with Crippen molar-refractivity contribution in [1.82, 2.24) is 9.88 Å². The molecular weight excluding hydrogens is 282 g/mol. The molecule has 0 aromatic carbocycles. The normalized spacial score (nSPS) is 18.0. The highest BCUT2D eigenvalue weighted by Crippen LogP contribution is 2.19. The van der Waals surface area contributed by atoms with E-state index < -0.39 is 0 Å². The summed E-state index contributed by atoms with van der Waals surface area (Å²) in [5, 5.41) is 2.87. The average Bonchev–Trinajstić information content (AvgIpc) is 2.29. The van der Waals surface area contributed by atoms with Crippen LogP contribution in [0.2, 0.25) is 0 Å². The van der Waals surface area contributed by atoms with Crippen LogP contribution in [0.3, 0.4) is 0 Å². The first-order valence-corrected chi connectivity index (χ1v) is 6.55. The van der Waals surface area contributed by atoms with E-state index >= 15 is 0 Å². The lowest BCUT2D eigenvalue weighted by Crippen LogP contribution is -2.36. The molecule has 1 N–H and O–H groups in total. The van der Waals surface area contributed by atoms with Gasteiger partial charge in [0.1, 0.15) is 5.82 Å². The molecule has 1 aliphatic heterocycles. The Morgan fingerprint density at radius 2 is 2.24 bits per heavy atom. The van der Waals surface area contributed by atoms with Crippen molar-refractivity contribution in [3.63, 3.8) is 0 Å². The summed E-state index contributed by atoms with van der Waals surface area (Å²) in [6.07, 6.45) is 3.53. The number of hydrogen-bond donors (Lipinski definition) is 1. The fourth-order valence-electron chi connectivity index (χ4n) is 1.97. The summed E-state index contributed by atoms with van der Waals surface area (Å²) in [4.78, 5) is 18.4. The Labute approximate surface area is 110 Å². The number of halogens is 1. The number of nitrogens with one attached hydrogen (secondary N) is 1. The predicted octanol–water partition coefficient (Wildman–Crippen LogP) is 2.12. The Morgan fingerprint density at radius 3 is 2.88 bits per heavy atom. The second kappa shape index (κ2) is 5.60. The molecule has 0 atom stereocenters. The molecule has 1 aliphatic rings. The minimum Gasteiger partial charge on any atom is -0.310 e. The Morgan fingerprint density at radius 1 is 1.53 bits per heavy atom. The van der Waals surface area contributed by atoms with Gasteiger partial charge in [-0.05, 0) is 45.1 Å². The first-order valence-electron chi connectivity index (χ1n) is 5.76. The summed E-state index contributed by atoms with van der Waals surface area (Å²) in [7, 11) is 2.09. The van der Waals surface area contributed by atoms with Gasteiger partial charge in [0.25, 0.3) is 0 Å². The highest BCUT2D eigenvalue weighted by molar-refractivity contribution is 9.10. The van der Waals surface area contributed by atoms with Gasteiger partial charge < -0.3 is 10.2 Å². The summed E-state index contributed by atoms with van der Waals surface area (Å²) in [6, 6.07) is 3.65. The minimum absolute atomic E-state index is 0.0868. The molecule has 1 saturated heterocycles. The Bertz CT molecular complexity index is 402. The summed E-state index contributed by atoms with van der Waals surface area (Å²) < 4.78 is 0.922. The molecule has 1 amide bonds. The van der Waals surface area contributed by atoms with Crippen molar-refractivity contribution in [1.29, 1.82) is 0 Å². The topological polar surface area (TPSA) is 45.2 Å².